The molecule has 0 aliphatic heterocycles. The number of aromatic nitrogens is 1. The third-order valence-corrected chi connectivity index (χ3v) is 3.61. The number of fused-ring (bicyclic) bond motifs is 1. The van der Waals surface area contributed by atoms with Gasteiger partial charge in [-0.05, 0) is 29.8 Å². The number of halogens is 2. The molecular formula is C16H12ClFN2. The molecule has 3 aromatic rings. The predicted octanol–water partition coefficient (Wildman–Crippen LogP) is 4.08. The highest BCUT2D eigenvalue weighted by Gasteiger charge is 2.17. The molecule has 0 spiro atoms. The largest absolute Gasteiger partial charge is 0.320 e. The van der Waals surface area contributed by atoms with Crippen LogP contribution in [0.2, 0.25) is 5.02 Å². The summed E-state index contributed by atoms with van der Waals surface area (Å²) in [5.41, 5.74) is 8.05. The number of rotatable bonds is 2. The van der Waals surface area contributed by atoms with Gasteiger partial charge in [-0.1, -0.05) is 35.9 Å². The van der Waals surface area contributed by atoms with Gasteiger partial charge in [-0.3, -0.25) is 4.98 Å². The van der Waals surface area contributed by atoms with Gasteiger partial charge in [0.15, 0.2) is 0 Å². The number of hydrogen-bond donors (Lipinski definition) is 1. The van der Waals surface area contributed by atoms with Gasteiger partial charge in [-0.15, -0.1) is 0 Å². The Labute approximate surface area is 121 Å². The van der Waals surface area contributed by atoms with Gasteiger partial charge in [0.05, 0.1) is 11.6 Å². The fourth-order valence-corrected chi connectivity index (χ4v) is 2.51. The van der Waals surface area contributed by atoms with E-state index in [1.165, 1.54) is 6.07 Å². The van der Waals surface area contributed by atoms with Gasteiger partial charge in [0.25, 0.3) is 0 Å². The van der Waals surface area contributed by atoms with Crippen LogP contribution in [0.5, 0.6) is 0 Å². The Balaban J connectivity index is 2.10. The van der Waals surface area contributed by atoms with Gasteiger partial charge in [0.2, 0.25) is 0 Å². The Kier molecular flexibility index (Phi) is 3.38. The van der Waals surface area contributed by atoms with E-state index in [4.69, 9.17) is 17.3 Å². The third kappa shape index (κ3) is 2.26. The maximum absolute atomic E-state index is 13.9. The lowest BCUT2D eigenvalue weighted by Crippen LogP contribution is -2.14. The summed E-state index contributed by atoms with van der Waals surface area (Å²) >= 11 is 6.05. The third-order valence-electron chi connectivity index (χ3n) is 3.28. The number of hydrogen-bond acceptors (Lipinski definition) is 2. The highest BCUT2D eigenvalue weighted by molar-refractivity contribution is 6.31. The normalized spacial score (nSPS) is 12.6. The van der Waals surface area contributed by atoms with Crippen molar-refractivity contribution < 1.29 is 4.39 Å². The minimum atomic E-state index is -0.638. The van der Waals surface area contributed by atoms with Crippen LogP contribution < -0.4 is 5.73 Å². The average Bonchev–Trinajstić information content (AvgIpc) is 2.46. The van der Waals surface area contributed by atoms with E-state index in [1.54, 1.807) is 18.3 Å². The van der Waals surface area contributed by atoms with Crippen LogP contribution in [-0.4, -0.2) is 4.98 Å². The van der Waals surface area contributed by atoms with Crippen molar-refractivity contribution >= 4 is 22.5 Å². The molecule has 3 rings (SSSR count). The first-order valence-electron chi connectivity index (χ1n) is 6.21. The van der Waals surface area contributed by atoms with Crippen molar-refractivity contribution in [3.8, 4) is 0 Å². The van der Waals surface area contributed by atoms with Crippen molar-refractivity contribution in [1.82, 2.24) is 4.98 Å². The number of benzene rings is 2. The molecule has 2 nitrogen and oxygen atoms in total. The zero-order valence-corrected chi connectivity index (χ0v) is 11.3. The maximum Gasteiger partial charge on any atom is 0.129 e. The first-order chi connectivity index (χ1) is 9.66. The van der Waals surface area contributed by atoms with Crippen LogP contribution in [0, 0.1) is 5.82 Å². The predicted molar refractivity (Wildman–Crippen MR) is 79.2 cm³/mol. The van der Waals surface area contributed by atoms with Gasteiger partial charge >= 0.3 is 0 Å². The molecule has 100 valence electrons. The van der Waals surface area contributed by atoms with Gasteiger partial charge in [-0.25, -0.2) is 4.39 Å². The summed E-state index contributed by atoms with van der Waals surface area (Å²) in [4.78, 5) is 4.34. The minimum Gasteiger partial charge on any atom is -0.320 e. The van der Waals surface area contributed by atoms with Gasteiger partial charge in [-0.2, -0.15) is 0 Å². The fraction of sp³-hybridized carbons (Fsp3) is 0.0625. The van der Waals surface area contributed by atoms with Crippen molar-refractivity contribution in [3.05, 3.63) is 76.7 Å². The summed E-state index contributed by atoms with van der Waals surface area (Å²) in [6, 6.07) is 13.5. The van der Waals surface area contributed by atoms with Crippen LogP contribution in [0.4, 0.5) is 4.39 Å². The topological polar surface area (TPSA) is 38.9 Å². The first-order valence-corrected chi connectivity index (χ1v) is 6.59. The smallest absolute Gasteiger partial charge is 0.129 e. The van der Waals surface area contributed by atoms with E-state index >= 15 is 0 Å². The second-order valence-electron chi connectivity index (χ2n) is 4.57. The van der Waals surface area contributed by atoms with Crippen LogP contribution >= 0.6 is 11.6 Å². The van der Waals surface area contributed by atoms with Crippen LogP contribution in [0.25, 0.3) is 10.9 Å². The van der Waals surface area contributed by atoms with Gasteiger partial charge in [0.1, 0.15) is 5.82 Å². The number of pyridine rings is 1. The maximum atomic E-state index is 13.9. The van der Waals surface area contributed by atoms with Crippen LogP contribution in [0.15, 0.2) is 54.7 Å². The van der Waals surface area contributed by atoms with Crippen LogP contribution in [0.1, 0.15) is 17.2 Å². The Bertz CT molecular complexity index is 753. The molecule has 1 unspecified atom stereocenters. The Morgan fingerprint density at radius 1 is 1.10 bits per heavy atom. The quantitative estimate of drug-likeness (QED) is 0.771. The molecule has 20 heavy (non-hydrogen) atoms. The molecule has 0 fully saturated rings. The van der Waals surface area contributed by atoms with E-state index < -0.39 is 11.9 Å². The molecule has 1 aromatic heterocycles. The molecule has 0 aliphatic rings. The Morgan fingerprint density at radius 3 is 2.70 bits per heavy atom. The molecule has 0 saturated heterocycles. The summed E-state index contributed by atoms with van der Waals surface area (Å²) in [5.74, 6) is -0.404. The van der Waals surface area contributed by atoms with E-state index in [0.29, 0.717) is 10.6 Å². The number of para-hydroxylation sites is 1. The van der Waals surface area contributed by atoms with Crippen LogP contribution in [-0.2, 0) is 0 Å². The molecule has 2 aromatic carbocycles. The standard InChI is InChI=1S/C16H12ClFN2/c17-12-5-3-6-13(18)15(12)16(19)11-8-10-4-1-2-7-14(10)20-9-11/h1-9,16H,19H2. The van der Waals surface area contributed by atoms with E-state index in [-0.39, 0.29) is 0 Å². The molecule has 4 heteroatoms. The monoisotopic (exact) mass is 286 g/mol. The molecule has 0 amide bonds. The fourth-order valence-electron chi connectivity index (χ4n) is 2.23. The summed E-state index contributed by atoms with van der Waals surface area (Å²) in [6.07, 6.45) is 1.66. The van der Waals surface area contributed by atoms with E-state index in [1.807, 2.05) is 30.3 Å². The van der Waals surface area contributed by atoms with Crippen molar-refractivity contribution in [2.75, 3.05) is 0 Å². The Morgan fingerprint density at radius 2 is 1.90 bits per heavy atom. The van der Waals surface area contributed by atoms with E-state index in [0.717, 1.165) is 16.5 Å². The molecule has 0 bridgehead atoms. The SMILES string of the molecule is NC(c1cnc2ccccc2c1)c1c(F)cccc1Cl. The minimum absolute atomic E-state index is 0.297. The lowest BCUT2D eigenvalue weighted by Gasteiger charge is -2.15. The Hall–Kier alpha value is -1.97. The van der Waals surface area contributed by atoms with Gasteiger partial charge in [0, 0.05) is 22.2 Å². The lowest BCUT2D eigenvalue weighted by atomic mass is 9.99. The zero-order chi connectivity index (χ0) is 14.1. The average molecular weight is 287 g/mol. The van der Waals surface area contributed by atoms with E-state index in [9.17, 15) is 4.39 Å². The van der Waals surface area contributed by atoms with Crippen molar-refractivity contribution in [1.29, 1.82) is 0 Å². The van der Waals surface area contributed by atoms with Crippen LogP contribution in [0.3, 0.4) is 0 Å². The second-order valence-corrected chi connectivity index (χ2v) is 4.98. The molecule has 1 heterocycles. The van der Waals surface area contributed by atoms with Crippen molar-refractivity contribution in [2.24, 2.45) is 5.73 Å². The first kappa shape index (κ1) is 13.0. The molecule has 1 atom stereocenters. The number of nitrogens with two attached hydrogens (primary N) is 1. The van der Waals surface area contributed by atoms with Crippen molar-refractivity contribution in [2.45, 2.75) is 6.04 Å². The summed E-state index contributed by atoms with van der Waals surface area (Å²) in [6.45, 7) is 0. The highest BCUT2D eigenvalue weighted by atomic mass is 35.5. The summed E-state index contributed by atoms with van der Waals surface area (Å²) in [7, 11) is 0. The van der Waals surface area contributed by atoms with Crippen molar-refractivity contribution in [3.63, 3.8) is 0 Å². The molecular weight excluding hydrogens is 275 g/mol. The van der Waals surface area contributed by atoms with E-state index in [2.05, 4.69) is 4.98 Å². The molecule has 0 aliphatic carbocycles. The molecule has 0 saturated carbocycles. The molecule has 2 N–H and O–H groups in total. The lowest BCUT2D eigenvalue weighted by molar-refractivity contribution is 0.599. The van der Waals surface area contributed by atoms with Gasteiger partial charge < -0.3 is 5.73 Å². The molecule has 0 radical (unpaired) electrons. The summed E-state index contributed by atoms with van der Waals surface area (Å²) < 4.78 is 13.9. The second kappa shape index (κ2) is 5.19. The zero-order valence-electron chi connectivity index (χ0n) is 10.6. The number of nitrogens with zero attached hydrogens (tertiary/aromatic N) is 1. The summed E-state index contributed by atoms with van der Waals surface area (Å²) in [5, 5.41) is 1.29. The highest BCUT2D eigenvalue weighted by Crippen LogP contribution is 2.29.